The van der Waals surface area contributed by atoms with Crippen LogP contribution in [-0.4, -0.2) is 62.0 Å². The average molecular weight is 255 g/mol. The molecule has 1 fully saturated rings. The molecule has 1 amide bonds. The average Bonchev–Trinajstić information content (AvgIpc) is 2.37. The molecule has 1 rings (SSSR count). The monoisotopic (exact) mass is 255 g/mol. The van der Waals surface area contributed by atoms with E-state index in [-0.39, 0.29) is 5.91 Å². The first kappa shape index (κ1) is 15.4. The highest BCUT2D eigenvalue weighted by Gasteiger charge is 2.18. The normalized spacial score (nSPS) is 17.9. The van der Waals surface area contributed by atoms with Crippen molar-refractivity contribution in [3.63, 3.8) is 0 Å². The molecule has 0 aromatic heterocycles. The van der Waals surface area contributed by atoms with E-state index in [1.165, 1.54) is 32.4 Å². The van der Waals surface area contributed by atoms with Crippen LogP contribution in [0.2, 0.25) is 0 Å². The van der Waals surface area contributed by atoms with Crippen LogP contribution in [-0.2, 0) is 4.79 Å². The van der Waals surface area contributed by atoms with Crippen LogP contribution >= 0.6 is 0 Å². The highest BCUT2D eigenvalue weighted by molar-refractivity contribution is 5.75. The molecule has 0 saturated carbocycles. The number of likely N-dealkylation sites (tertiary alicyclic amines) is 1. The van der Waals surface area contributed by atoms with Crippen molar-refractivity contribution in [2.75, 3.05) is 40.3 Å². The molecule has 0 aromatic carbocycles. The zero-order chi connectivity index (χ0) is 13.4. The van der Waals surface area contributed by atoms with E-state index in [1.807, 2.05) is 14.1 Å². The van der Waals surface area contributed by atoms with E-state index in [4.69, 9.17) is 0 Å². The second-order valence-electron chi connectivity index (χ2n) is 5.46. The van der Waals surface area contributed by atoms with Gasteiger partial charge < -0.3 is 15.1 Å². The molecule has 0 unspecified atom stereocenters. The third-order valence-electron chi connectivity index (χ3n) is 3.63. The molecular weight excluding hydrogens is 226 g/mol. The second kappa shape index (κ2) is 8.48. The fraction of sp³-hybridized carbons (Fsp3) is 0.929. The van der Waals surface area contributed by atoms with E-state index < -0.39 is 0 Å². The van der Waals surface area contributed by atoms with Gasteiger partial charge in [-0.25, -0.2) is 0 Å². The number of nitrogens with one attached hydrogen (secondary N) is 1. The highest BCUT2D eigenvalue weighted by Crippen LogP contribution is 2.11. The first-order valence-corrected chi connectivity index (χ1v) is 7.29. The minimum Gasteiger partial charge on any atom is -0.349 e. The molecule has 106 valence electrons. The third kappa shape index (κ3) is 5.83. The summed E-state index contributed by atoms with van der Waals surface area (Å²) in [6, 6.07) is 0.713. The zero-order valence-electron chi connectivity index (χ0n) is 12.2. The summed E-state index contributed by atoms with van der Waals surface area (Å²) in [7, 11) is 3.65. The van der Waals surface area contributed by atoms with Crippen molar-refractivity contribution in [2.45, 2.75) is 45.1 Å². The van der Waals surface area contributed by atoms with Gasteiger partial charge in [0.25, 0.3) is 0 Å². The molecule has 4 nitrogen and oxygen atoms in total. The van der Waals surface area contributed by atoms with Crippen LogP contribution in [0, 0.1) is 0 Å². The lowest BCUT2D eigenvalue weighted by Crippen LogP contribution is -2.43. The topological polar surface area (TPSA) is 35.6 Å². The van der Waals surface area contributed by atoms with Crippen molar-refractivity contribution in [2.24, 2.45) is 0 Å². The maximum absolute atomic E-state index is 11.5. The molecule has 0 atom stereocenters. The Balaban J connectivity index is 2.07. The summed E-state index contributed by atoms with van der Waals surface area (Å²) < 4.78 is 0. The predicted octanol–water partition coefficient (Wildman–Crippen LogP) is 1.32. The van der Waals surface area contributed by atoms with Crippen molar-refractivity contribution in [3.05, 3.63) is 0 Å². The van der Waals surface area contributed by atoms with Crippen molar-refractivity contribution in [1.82, 2.24) is 15.1 Å². The highest BCUT2D eigenvalue weighted by atomic mass is 16.2. The third-order valence-corrected chi connectivity index (χ3v) is 3.63. The van der Waals surface area contributed by atoms with Gasteiger partial charge in [-0.15, -0.1) is 0 Å². The minimum absolute atomic E-state index is 0.245. The van der Waals surface area contributed by atoms with Gasteiger partial charge in [-0.3, -0.25) is 4.79 Å². The largest absolute Gasteiger partial charge is 0.349 e. The number of carbonyl (C=O) groups excluding carboxylic acids is 1. The molecule has 0 aromatic rings. The Kier molecular flexibility index (Phi) is 7.28. The Hall–Kier alpha value is -0.610. The Morgan fingerprint density at radius 2 is 2.00 bits per heavy atom. The summed E-state index contributed by atoms with van der Waals surface area (Å²) >= 11 is 0. The number of amides is 1. The minimum atomic E-state index is 0.245. The van der Waals surface area contributed by atoms with Gasteiger partial charge in [-0.2, -0.15) is 0 Å². The molecule has 1 heterocycles. The Morgan fingerprint density at radius 1 is 1.33 bits per heavy atom. The Morgan fingerprint density at radius 3 is 2.56 bits per heavy atom. The smallest absolute Gasteiger partial charge is 0.222 e. The molecule has 0 spiro atoms. The van der Waals surface area contributed by atoms with E-state index in [1.54, 1.807) is 4.90 Å². The number of piperidine rings is 1. The summed E-state index contributed by atoms with van der Waals surface area (Å²) in [5.74, 6) is 0.245. The van der Waals surface area contributed by atoms with Crippen LogP contribution in [0.5, 0.6) is 0 Å². The van der Waals surface area contributed by atoms with Crippen LogP contribution in [0.4, 0.5) is 0 Å². The van der Waals surface area contributed by atoms with Gasteiger partial charge in [0.05, 0.1) is 0 Å². The predicted molar refractivity (Wildman–Crippen MR) is 75.7 cm³/mol. The van der Waals surface area contributed by atoms with Crippen molar-refractivity contribution in [1.29, 1.82) is 0 Å². The van der Waals surface area contributed by atoms with Gasteiger partial charge in [0, 0.05) is 26.6 Å². The SMILES string of the molecule is CCCNC1CCN(CCCC(=O)N(C)C)CC1. The fourth-order valence-electron chi connectivity index (χ4n) is 2.39. The molecule has 1 aliphatic heterocycles. The first-order valence-electron chi connectivity index (χ1n) is 7.29. The molecule has 1 aliphatic rings. The maximum atomic E-state index is 11.5. The quantitative estimate of drug-likeness (QED) is 0.745. The summed E-state index contributed by atoms with van der Waals surface area (Å²) in [6.07, 6.45) is 5.39. The van der Waals surface area contributed by atoms with Crippen LogP contribution in [0.25, 0.3) is 0 Å². The molecule has 0 bridgehead atoms. The molecule has 4 heteroatoms. The standard InChI is InChI=1S/C14H29N3O/c1-4-9-15-13-7-11-17(12-8-13)10-5-6-14(18)16(2)3/h13,15H,4-12H2,1-3H3. The van der Waals surface area contributed by atoms with Crippen molar-refractivity contribution >= 4 is 5.91 Å². The van der Waals surface area contributed by atoms with Crippen molar-refractivity contribution in [3.8, 4) is 0 Å². The van der Waals surface area contributed by atoms with Gasteiger partial charge in [-0.1, -0.05) is 6.92 Å². The lowest BCUT2D eigenvalue weighted by molar-refractivity contribution is -0.128. The fourth-order valence-corrected chi connectivity index (χ4v) is 2.39. The van der Waals surface area contributed by atoms with Crippen molar-refractivity contribution < 1.29 is 4.79 Å². The molecular formula is C14H29N3O. The van der Waals surface area contributed by atoms with Crippen LogP contribution in [0.1, 0.15) is 39.0 Å². The van der Waals surface area contributed by atoms with Gasteiger partial charge in [-0.05, 0) is 51.9 Å². The molecule has 0 aliphatic carbocycles. The van der Waals surface area contributed by atoms with E-state index in [0.717, 1.165) is 19.5 Å². The summed E-state index contributed by atoms with van der Waals surface area (Å²) in [4.78, 5) is 15.6. The number of rotatable bonds is 7. The zero-order valence-corrected chi connectivity index (χ0v) is 12.2. The number of carbonyl (C=O) groups is 1. The lowest BCUT2D eigenvalue weighted by atomic mass is 10.0. The molecule has 18 heavy (non-hydrogen) atoms. The molecule has 0 radical (unpaired) electrons. The number of hydrogen-bond donors (Lipinski definition) is 1. The second-order valence-corrected chi connectivity index (χ2v) is 5.46. The first-order chi connectivity index (χ1) is 8.63. The lowest BCUT2D eigenvalue weighted by Gasteiger charge is -2.32. The van der Waals surface area contributed by atoms with E-state index in [0.29, 0.717) is 12.5 Å². The van der Waals surface area contributed by atoms with Crippen LogP contribution in [0.15, 0.2) is 0 Å². The summed E-state index contributed by atoms with van der Waals surface area (Å²) in [5, 5.41) is 3.59. The van der Waals surface area contributed by atoms with E-state index in [2.05, 4.69) is 17.1 Å². The van der Waals surface area contributed by atoms with Gasteiger partial charge in [0.2, 0.25) is 5.91 Å². The van der Waals surface area contributed by atoms with Crippen LogP contribution < -0.4 is 5.32 Å². The summed E-state index contributed by atoms with van der Waals surface area (Å²) in [5.41, 5.74) is 0. The van der Waals surface area contributed by atoms with E-state index in [9.17, 15) is 4.79 Å². The van der Waals surface area contributed by atoms with Gasteiger partial charge >= 0.3 is 0 Å². The number of hydrogen-bond acceptors (Lipinski definition) is 3. The summed E-state index contributed by atoms with van der Waals surface area (Å²) in [6.45, 7) is 6.78. The van der Waals surface area contributed by atoms with Crippen LogP contribution in [0.3, 0.4) is 0 Å². The van der Waals surface area contributed by atoms with Gasteiger partial charge in [0.15, 0.2) is 0 Å². The number of nitrogens with zero attached hydrogens (tertiary/aromatic N) is 2. The maximum Gasteiger partial charge on any atom is 0.222 e. The Bertz CT molecular complexity index is 235. The molecule has 1 N–H and O–H groups in total. The Labute approximate surface area is 112 Å². The molecule has 1 saturated heterocycles. The van der Waals surface area contributed by atoms with E-state index >= 15 is 0 Å². The van der Waals surface area contributed by atoms with Gasteiger partial charge in [0.1, 0.15) is 0 Å².